The average Bonchev–Trinajstić information content (AvgIpc) is 1.61. The normalized spacial score (nSPS) is 5.50. The van der Waals surface area contributed by atoms with Crippen LogP contribution in [0.5, 0.6) is 0 Å². The molecule has 0 rings (SSSR count). The van der Waals surface area contributed by atoms with E-state index in [1.165, 1.54) is 6.42 Å². The van der Waals surface area contributed by atoms with Crippen molar-refractivity contribution in [2.24, 2.45) is 0 Å². The smallest absolute Gasteiger partial charge is 1.00 e. The first-order chi connectivity index (χ1) is 2.91. The van der Waals surface area contributed by atoms with E-state index in [0.29, 0.717) is 0 Å². The summed E-state index contributed by atoms with van der Waals surface area (Å²) >= 11 is 0. The molecule has 0 saturated carbocycles. The zero-order chi connectivity index (χ0) is 4.83. The molecule has 0 atom stereocenters. The molecular formula is C6H9BrMg. The van der Waals surface area contributed by atoms with Crippen LogP contribution in [0.15, 0.2) is 0 Å². The van der Waals surface area contributed by atoms with Gasteiger partial charge in [0.2, 0.25) is 0 Å². The number of hydrogen-bond acceptors (Lipinski definition) is 0. The van der Waals surface area contributed by atoms with Gasteiger partial charge >= 0.3 is 23.1 Å². The Morgan fingerprint density at radius 2 is 2.00 bits per heavy atom. The fourth-order valence-corrected chi connectivity index (χ4v) is 0.265. The monoisotopic (exact) mass is 184 g/mol. The summed E-state index contributed by atoms with van der Waals surface area (Å²) in [5.41, 5.74) is 0. The maximum atomic E-state index is 6.46. The summed E-state index contributed by atoms with van der Waals surface area (Å²) < 4.78 is 0. The molecule has 0 aromatic carbocycles. The van der Waals surface area contributed by atoms with E-state index in [4.69, 9.17) is 6.42 Å². The van der Waals surface area contributed by atoms with Crippen molar-refractivity contribution < 1.29 is 17.0 Å². The van der Waals surface area contributed by atoms with Gasteiger partial charge in [-0.05, 0) is 12.8 Å². The average molecular weight is 185 g/mol. The van der Waals surface area contributed by atoms with Crippen LogP contribution in [0.4, 0.5) is 0 Å². The van der Waals surface area contributed by atoms with Crippen molar-refractivity contribution in [3.05, 3.63) is 6.42 Å². The van der Waals surface area contributed by atoms with Gasteiger partial charge in [0, 0.05) is 0 Å². The van der Waals surface area contributed by atoms with Gasteiger partial charge in [0.15, 0.2) is 0 Å². The summed E-state index contributed by atoms with van der Waals surface area (Å²) in [7, 11) is 0. The van der Waals surface area contributed by atoms with Crippen LogP contribution in [0.3, 0.4) is 0 Å². The van der Waals surface area contributed by atoms with Crippen molar-refractivity contribution in [3.8, 4) is 5.92 Å². The summed E-state index contributed by atoms with van der Waals surface area (Å²) in [5.74, 6) is 2.32. The second kappa shape index (κ2) is 15.7. The van der Waals surface area contributed by atoms with Gasteiger partial charge in [-0.3, -0.25) is 0 Å². The number of halogens is 1. The van der Waals surface area contributed by atoms with Gasteiger partial charge in [-0.2, -0.15) is 0 Å². The van der Waals surface area contributed by atoms with Crippen molar-refractivity contribution in [1.82, 2.24) is 0 Å². The van der Waals surface area contributed by atoms with Crippen molar-refractivity contribution in [2.45, 2.75) is 26.2 Å². The van der Waals surface area contributed by atoms with Gasteiger partial charge in [0.1, 0.15) is 0 Å². The molecule has 0 amide bonds. The first-order valence-corrected chi connectivity index (χ1v) is 2.31. The van der Waals surface area contributed by atoms with Crippen LogP contribution in [0, 0.1) is 12.3 Å². The molecular weight excluding hydrogens is 176 g/mol. The first-order valence-electron chi connectivity index (χ1n) is 2.31. The quantitative estimate of drug-likeness (QED) is 0.210. The van der Waals surface area contributed by atoms with Gasteiger partial charge in [0.25, 0.3) is 0 Å². The predicted molar refractivity (Wildman–Crippen MR) is 32.4 cm³/mol. The molecule has 8 heavy (non-hydrogen) atoms. The first kappa shape index (κ1) is 15.9. The van der Waals surface area contributed by atoms with Crippen molar-refractivity contribution in [2.75, 3.05) is 0 Å². The molecule has 0 heterocycles. The van der Waals surface area contributed by atoms with E-state index >= 15 is 0 Å². The molecule has 0 saturated heterocycles. The molecule has 0 aliphatic carbocycles. The molecule has 0 bridgehead atoms. The molecule has 0 aliphatic heterocycles. The van der Waals surface area contributed by atoms with E-state index in [2.05, 4.69) is 12.8 Å². The molecule has 0 N–H and O–H groups in total. The summed E-state index contributed by atoms with van der Waals surface area (Å²) in [6.07, 6.45) is 9.57. The minimum atomic E-state index is 0. The molecule has 0 unspecified atom stereocenters. The molecule has 0 radical (unpaired) electrons. The SMILES string of the molecule is [Br-].[C-]#CCCCC.[Mg+2]. The molecule has 0 spiro atoms. The van der Waals surface area contributed by atoms with Gasteiger partial charge in [0.05, 0.1) is 0 Å². The molecule has 0 fully saturated rings. The summed E-state index contributed by atoms with van der Waals surface area (Å²) in [6, 6.07) is 0. The van der Waals surface area contributed by atoms with Crippen molar-refractivity contribution in [1.29, 1.82) is 0 Å². The third-order valence-electron chi connectivity index (χ3n) is 0.655. The van der Waals surface area contributed by atoms with Gasteiger partial charge in [-0.15, -0.1) is 0 Å². The van der Waals surface area contributed by atoms with Crippen LogP contribution in [0.1, 0.15) is 26.2 Å². The summed E-state index contributed by atoms with van der Waals surface area (Å²) in [5, 5.41) is 0. The topological polar surface area (TPSA) is 0 Å². The number of hydrogen-bond donors (Lipinski definition) is 0. The Morgan fingerprint density at radius 1 is 1.50 bits per heavy atom. The van der Waals surface area contributed by atoms with Crippen LogP contribution in [0.2, 0.25) is 0 Å². The fourth-order valence-electron chi connectivity index (χ4n) is 0.265. The number of rotatable bonds is 2. The van der Waals surface area contributed by atoms with Gasteiger partial charge in [-0.25, -0.2) is 0 Å². The van der Waals surface area contributed by atoms with Gasteiger partial charge < -0.3 is 29.3 Å². The fraction of sp³-hybridized carbons (Fsp3) is 0.667. The Kier molecular flexibility index (Phi) is 31.1. The minimum absolute atomic E-state index is 0. The standard InChI is InChI=1S/C6H9.BrH.Mg/c1-3-5-6-4-2;;/h3,5-6H2,1H3;1H;/q-1;;+2/p-1. The van der Waals surface area contributed by atoms with Crippen molar-refractivity contribution in [3.63, 3.8) is 0 Å². The maximum Gasteiger partial charge on any atom is 2.00 e. The van der Waals surface area contributed by atoms with Crippen LogP contribution >= 0.6 is 0 Å². The van der Waals surface area contributed by atoms with E-state index in [9.17, 15) is 0 Å². The molecule has 0 aromatic heterocycles. The van der Waals surface area contributed by atoms with Crippen LogP contribution in [-0.2, 0) is 0 Å². The Balaban J connectivity index is -0.000000125. The molecule has 42 valence electrons. The van der Waals surface area contributed by atoms with E-state index in [1.54, 1.807) is 0 Å². The Hall–Kier alpha value is 0.806. The van der Waals surface area contributed by atoms with E-state index in [-0.39, 0.29) is 40.0 Å². The number of unbranched alkanes of at least 4 members (excludes halogenated alkanes) is 2. The minimum Gasteiger partial charge on any atom is -1.00 e. The Labute approximate surface area is 78.3 Å². The van der Waals surface area contributed by atoms with Gasteiger partial charge in [-0.1, -0.05) is 13.3 Å². The van der Waals surface area contributed by atoms with Crippen LogP contribution in [0.25, 0.3) is 0 Å². The second-order valence-electron chi connectivity index (χ2n) is 1.28. The summed E-state index contributed by atoms with van der Waals surface area (Å²) in [4.78, 5) is 0. The van der Waals surface area contributed by atoms with Crippen LogP contribution in [-0.4, -0.2) is 23.1 Å². The largest absolute Gasteiger partial charge is 2.00 e. The Morgan fingerprint density at radius 3 is 2.12 bits per heavy atom. The predicted octanol–water partition coefficient (Wildman–Crippen LogP) is -1.61. The van der Waals surface area contributed by atoms with Crippen LogP contribution < -0.4 is 17.0 Å². The second-order valence-corrected chi connectivity index (χ2v) is 1.28. The van der Waals surface area contributed by atoms with E-state index < -0.39 is 0 Å². The van der Waals surface area contributed by atoms with E-state index in [0.717, 1.165) is 12.8 Å². The molecule has 0 aromatic rings. The maximum absolute atomic E-state index is 6.46. The summed E-state index contributed by atoms with van der Waals surface area (Å²) in [6.45, 7) is 2.11. The molecule has 0 nitrogen and oxygen atoms in total. The third kappa shape index (κ3) is 15.8. The zero-order valence-corrected chi connectivity index (χ0v) is 8.21. The zero-order valence-electron chi connectivity index (χ0n) is 5.21. The molecule has 2 heteroatoms. The third-order valence-corrected chi connectivity index (χ3v) is 0.655. The Bertz CT molecular complexity index is 56.0. The van der Waals surface area contributed by atoms with Crippen molar-refractivity contribution >= 4 is 23.1 Å². The van der Waals surface area contributed by atoms with E-state index in [1.807, 2.05) is 0 Å². The molecule has 0 aliphatic rings.